The van der Waals surface area contributed by atoms with Crippen LogP contribution in [0.5, 0.6) is 0 Å². The molecule has 0 aliphatic heterocycles. The van der Waals surface area contributed by atoms with E-state index >= 15 is 0 Å². The Labute approximate surface area is 245 Å². The minimum absolute atomic E-state index is 0.900. The van der Waals surface area contributed by atoms with Crippen molar-refractivity contribution in [2.24, 2.45) is 0 Å². The predicted molar refractivity (Wildman–Crippen MR) is 177 cm³/mol. The number of furan rings is 1. The highest BCUT2D eigenvalue weighted by Crippen LogP contribution is 2.39. The molecule has 0 bridgehead atoms. The zero-order chi connectivity index (χ0) is 28.1. The SMILES string of the molecule is c1ccc2c(c1)cc1c(-c3ccc(-n4c5ccccc5c5cc6c(cc54)oc4ccccc46)cc3)nc3ccccc3n12. The first kappa shape index (κ1) is 22.8. The second kappa shape index (κ2) is 8.34. The molecular weight excluding hydrogens is 526 g/mol. The fourth-order valence-corrected chi connectivity index (χ4v) is 6.96. The van der Waals surface area contributed by atoms with Gasteiger partial charge >= 0.3 is 0 Å². The third-order valence-electron chi connectivity index (χ3n) is 8.88. The van der Waals surface area contributed by atoms with Crippen molar-refractivity contribution in [2.45, 2.75) is 0 Å². The van der Waals surface area contributed by atoms with Crippen LogP contribution in [-0.2, 0) is 0 Å². The average Bonchev–Trinajstić information content (AvgIpc) is 3.73. The zero-order valence-electron chi connectivity index (χ0n) is 23.0. The summed E-state index contributed by atoms with van der Waals surface area (Å²) in [6.45, 7) is 0. The Kier molecular flexibility index (Phi) is 4.42. The molecule has 0 fully saturated rings. The monoisotopic (exact) mass is 549 g/mol. The maximum atomic E-state index is 6.30. The van der Waals surface area contributed by atoms with Gasteiger partial charge in [0.2, 0.25) is 0 Å². The molecule has 0 spiro atoms. The van der Waals surface area contributed by atoms with Crippen molar-refractivity contribution in [3.8, 4) is 16.9 Å². The van der Waals surface area contributed by atoms with E-state index in [9.17, 15) is 0 Å². The maximum absolute atomic E-state index is 6.30. The first-order valence-corrected chi connectivity index (χ1v) is 14.6. The zero-order valence-corrected chi connectivity index (χ0v) is 23.0. The minimum Gasteiger partial charge on any atom is -0.456 e. The lowest BCUT2D eigenvalue weighted by molar-refractivity contribution is 0.669. The smallest absolute Gasteiger partial charge is 0.137 e. The summed E-state index contributed by atoms with van der Waals surface area (Å²) in [5, 5.41) is 5.95. The molecule has 4 nitrogen and oxygen atoms in total. The van der Waals surface area contributed by atoms with E-state index in [4.69, 9.17) is 9.40 Å². The molecule has 10 rings (SSSR count). The molecule has 0 atom stereocenters. The van der Waals surface area contributed by atoms with Crippen LogP contribution in [-0.4, -0.2) is 14.0 Å². The van der Waals surface area contributed by atoms with Gasteiger partial charge in [0.15, 0.2) is 0 Å². The van der Waals surface area contributed by atoms with Crippen LogP contribution in [0, 0.1) is 0 Å². The highest BCUT2D eigenvalue weighted by atomic mass is 16.3. The van der Waals surface area contributed by atoms with Crippen molar-refractivity contribution in [1.29, 1.82) is 0 Å². The summed E-state index contributed by atoms with van der Waals surface area (Å²) in [6.07, 6.45) is 0. The van der Waals surface area contributed by atoms with Crippen molar-refractivity contribution < 1.29 is 4.42 Å². The van der Waals surface area contributed by atoms with E-state index in [1.54, 1.807) is 0 Å². The Hall–Kier alpha value is -5.87. The highest BCUT2D eigenvalue weighted by molar-refractivity contribution is 6.17. The molecular formula is C39H23N3O. The number of hydrogen-bond acceptors (Lipinski definition) is 2. The number of rotatable bonds is 2. The van der Waals surface area contributed by atoms with Gasteiger partial charge in [-0.2, -0.15) is 0 Å². The van der Waals surface area contributed by atoms with E-state index in [2.05, 4.69) is 136 Å². The molecule has 4 aromatic heterocycles. The third-order valence-corrected chi connectivity index (χ3v) is 8.88. The summed E-state index contributed by atoms with van der Waals surface area (Å²) < 4.78 is 11.0. The Morgan fingerprint density at radius 1 is 0.465 bits per heavy atom. The van der Waals surface area contributed by atoms with Crippen LogP contribution >= 0.6 is 0 Å². The van der Waals surface area contributed by atoms with Crippen molar-refractivity contribution in [3.05, 3.63) is 140 Å². The number of aromatic nitrogens is 3. The summed E-state index contributed by atoms with van der Waals surface area (Å²) in [6, 6.07) is 49.4. The molecule has 0 unspecified atom stereocenters. The van der Waals surface area contributed by atoms with Crippen LogP contribution in [0.15, 0.2) is 144 Å². The van der Waals surface area contributed by atoms with Gasteiger partial charge in [-0.3, -0.25) is 0 Å². The molecule has 43 heavy (non-hydrogen) atoms. The van der Waals surface area contributed by atoms with E-state index in [0.717, 1.165) is 61.0 Å². The molecule has 10 aromatic rings. The number of para-hydroxylation sites is 5. The first-order chi connectivity index (χ1) is 21.3. The molecule has 6 aromatic carbocycles. The fourth-order valence-electron chi connectivity index (χ4n) is 6.96. The van der Waals surface area contributed by atoms with Gasteiger partial charge < -0.3 is 13.4 Å². The number of hydrogen-bond donors (Lipinski definition) is 0. The second-order valence-electron chi connectivity index (χ2n) is 11.2. The molecule has 0 N–H and O–H groups in total. The van der Waals surface area contributed by atoms with Crippen LogP contribution in [0.25, 0.3) is 88.1 Å². The maximum Gasteiger partial charge on any atom is 0.137 e. The molecule has 0 saturated carbocycles. The lowest BCUT2D eigenvalue weighted by Crippen LogP contribution is -1.96. The summed E-state index contributed by atoms with van der Waals surface area (Å²) in [5.74, 6) is 0. The first-order valence-electron chi connectivity index (χ1n) is 14.6. The van der Waals surface area contributed by atoms with E-state index in [1.165, 1.54) is 27.2 Å². The van der Waals surface area contributed by atoms with Crippen molar-refractivity contribution in [2.75, 3.05) is 0 Å². The van der Waals surface area contributed by atoms with Crippen LogP contribution in [0.1, 0.15) is 0 Å². The number of benzene rings is 6. The molecule has 0 radical (unpaired) electrons. The van der Waals surface area contributed by atoms with Gasteiger partial charge in [0, 0.05) is 44.2 Å². The molecule has 4 heteroatoms. The van der Waals surface area contributed by atoms with Crippen LogP contribution < -0.4 is 0 Å². The fraction of sp³-hybridized carbons (Fsp3) is 0. The van der Waals surface area contributed by atoms with Gasteiger partial charge in [0.25, 0.3) is 0 Å². The summed E-state index contributed by atoms with van der Waals surface area (Å²) >= 11 is 0. The molecule has 200 valence electrons. The van der Waals surface area contributed by atoms with Gasteiger partial charge in [-0.1, -0.05) is 78.9 Å². The lowest BCUT2D eigenvalue weighted by Gasteiger charge is -2.12. The molecule has 0 aliphatic carbocycles. The standard InChI is InChI=1S/C39H23N3O/c1-5-13-32-25(9-1)21-36-39(40-31-12-4-7-15-34(31)42(32)36)24-17-19-26(20-18-24)41-33-14-6-2-10-27(33)29-22-30-28-11-3-8-16-37(28)43-38(30)23-35(29)41/h1-23H. The highest BCUT2D eigenvalue weighted by Gasteiger charge is 2.17. The summed E-state index contributed by atoms with van der Waals surface area (Å²) in [7, 11) is 0. The van der Waals surface area contributed by atoms with Gasteiger partial charge in [0.05, 0.1) is 38.8 Å². The minimum atomic E-state index is 0.900. The van der Waals surface area contributed by atoms with Gasteiger partial charge in [-0.25, -0.2) is 4.98 Å². The molecule has 0 saturated heterocycles. The van der Waals surface area contributed by atoms with E-state index in [1.807, 2.05) is 12.1 Å². The molecule has 4 heterocycles. The van der Waals surface area contributed by atoms with Crippen molar-refractivity contribution >= 4 is 71.2 Å². The number of fused-ring (bicyclic) bond motifs is 11. The second-order valence-corrected chi connectivity index (χ2v) is 11.2. The Bertz CT molecular complexity index is 2720. The summed E-state index contributed by atoms with van der Waals surface area (Å²) in [4.78, 5) is 5.18. The average molecular weight is 550 g/mol. The van der Waals surface area contributed by atoms with Crippen molar-refractivity contribution in [1.82, 2.24) is 14.0 Å². The van der Waals surface area contributed by atoms with Gasteiger partial charge in [0.1, 0.15) is 11.2 Å². The Balaban J connectivity index is 1.21. The predicted octanol–water partition coefficient (Wildman–Crippen LogP) is 10.3. The van der Waals surface area contributed by atoms with Crippen LogP contribution in [0.3, 0.4) is 0 Å². The van der Waals surface area contributed by atoms with Crippen molar-refractivity contribution in [3.63, 3.8) is 0 Å². The van der Waals surface area contributed by atoms with E-state index in [-0.39, 0.29) is 0 Å². The van der Waals surface area contributed by atoms with Gasteiger partial charge in [-0.15, -0.1) is 0 Å². The summed E-state index contributed by atoms with van der Waals surface area (Å²) in [5.41, 5.74) is 11.7. The quantitative estimate of drug-likeness (QED) is 0.215. The Morgan fingerprint density at radius 3 is 2.07 bits per heavy atom. The normalized spacial score (nSPS) is 12.2. The van der Waals surface area contributed by atoms with Gasteiger partial charge in [-0.05, 0) is 54.6 Å². The van der Waals surface area contributed by atoms with E-state index < -0.39 is 0 Å². The number of nitrogens with zero attached hydrogens (tertiary/aromatic N) is 3. The third kappa shape index (κ3) is 3.12. The Morgan fingerprint density at radius 2 is 1.19 bits per heavy atom. The largest absolute Gasteiger partial charge is 0.456 e. The molecule has 0 aliphatic rings. The lowest BCUT2D eigenvalue weighted by atomic mass is 10.1. The topological polar surface area (TPSA) is 35.4 Å². The molecule has 0 amide bonds. The van der Waals surface area contributed by atoms with E-state index in [0.29, 0.717) is 0 Å². The van der Waals surface area contributed by atoms with Crippen LogP contribution in [0.2, 0.25) is 0 Å². The van der Waals surface area contributed by atoms with Crippen LogP contribution in [0.4, 0.5) is 0 Å².